The summed E-state index contributed by atoms with van der Waals surface area (Å²) in [5.74, 6) is 0. The zero-order valence-electron chi connectivity index (χ0n) is 6.98. The molecule has 1 rings (SSSR count). The highest BCUT2D eigenvalue weighted by Crippen LogP contribution is 2.13. The summed E-state index contributed by atoms with van der Waals surface area (Å²) in [6, 6.07) is 3.83. The molecule has 0 saturated carbocycles. The Labute approximate surface area is 72.2 Å². The van der Waals surface area contributed by atoms with Gasteiger partial charge in [0, 0.05) is 25.0 Å². The molecule has 0 amide bonds. The summed E-state index contributed by atoms with van der Waals surface area (Å²) >= 11 is 0. The van der Waals surface area contributed by atoms with Crippen LogP contribution in [0.5, 0.6) is 0 Å². The van der Waals surface area contributed by atoms with E-state index in [1.54, 1.807) is 12.4 Å². The molecule has 0 aliphatic carbocycles. The van der Waals surface area contributed by atoms with Gasteiger partial charge in [0.05, 0.1) is 0 Å². The second-order valence-electron chi connectivity index (χ2n) is 2.76. The molecule has 1 heterocycles. The fraction of sp³-hybridized carbons (Fsp3) is 0.444. The van der Waals surface area contributed by atoms with Crippen molar-refractivity contribution in [1.82, 2.24) is 4.98 Å². The minimum absolute atomic E-state index is 0.00542. The van der Waals surface area contributed by atoms with E-state index in [9.17, 15) is 0 Å². The second-order valence-corrected chi connectivity index (χ2v) is 2.76. The molecule has 0 aliphatic rings. The predicted molar refractivity (Wildman–Crippen MR) is 47.5 cm³/mol. The number of hydrogen-bond donors (Lipinski definition) is 2. The summed E-state index contributed by atoms with van der Waals surface area (Å²) in [4.78, 5) is 3.97. The SMILES string of the molecule is N[C@@H](CCCO)c1cccnc1. The Hall–Kier alpha value is -0.930. The molecule has 0 radical (unpaired) electrons. The molecule has 0 spiro atoms. The summed E-state index contributed by atoms with van der Waals surface area (Å²) in [5, 5.41) is 8.59. The monoisotopic (exact) mass is 166 g/mol. The van der Waals surface area contributed by atoms with E-state index in [-0.39, 0.29) is 12.6 Å². The topological polar surface area (TPSA) is 59.1 Å². The van der Waals surface area contributed by atoms with Gasteiger partial charge in [-0.2, -0.15) is 0 Å². The largest absolute Gasteiger partial charge is 0.396 e. The molecule has 1 aromatic rings. The summed E-state index contributed by atoms with van der Waals surface area (Å²) in [7, 11) is 0. The van der Waals surface area contributed by atoms with Crippen molar-refractivity contribution in [2.45, 2.75) is 18.9 Å². The molecular weight excluding hydrogens is 152 g/mol. The van der Waals surface area contributed by atoms with Gasteiger partial charge in [-0.3, -0.25) is 4.98 Å². The summed E-state index contributed by atoms with van der Waals surface area (Å²) in [6.45, 7) is 0.202. The van der Waals surface area contributed by atoms with Crippen molar-refractivity contribution >= 4 is 0 Å². The summed E-state index contributed by atoms with van der Waals surface area (Å²) in [6.07, 6.45) is 5.04. The second kappa shape index (κ2) is 4.85. The van der Waals surface area contributed by atoms with Crippen LogP contribution in [0.25, 0.3) is 0 Å². The highest BCUT2D eigenvalue weighted by molar-refractivity contribution is 5.12. The molecule has 66 valence electrons. The van der Waals surface area contributed by atoms with Gasteiger partial charge in [0.25, 0.3) is 0 Å². The third kappa shape index (κ3) is 2.60. The van der Waals surface area contributed by atoms with Gasteiger partial charge in [0.1, 0.15) is 0 Å². The van der Waals surface area contributed by atoms with E-state index in [1.165, 1.54) is 0 Å². The van der Waals surface area contributed by atoms with Crippen LogP contribution in [0, 0.1) is 0 Å². The molecule has 0 aliphatic heterocycles. The molecule has 0 bridgehead atoms. The van der Waals surface area contributed by atoms with E-state index in [0.29, 0.717) is 0 Å². The van der Waals surface area contributed by atoms with Gasteiger partial charge in [-0.15, -0.1) is 0 Å². The van der Waals surface area contributed by atoms with Crippen LogP contribution < -0.4 is 5.73 Å². The summed E-state index contributed by atoms with van der Waals surface area (Å²) < 4.78 is 0. The molecule has 3 N–H and O–H groups in total. The van der Waals surface area contributed by atoms with Crippen molar-refractivity contribution in [2.75, 3.05) is 6.61 Å². The molecule has 0 unspecified atom stereocenters. The van der Waals surface area contributed by atoms with E-state index >= 15 is 0 Å². The van der Waals surface area contributed by atoms with Gasteiger partial charge in [-0.05, 0) is 24.5 Å². The van der Waals surface area contributed by atoms with Gasteiger partial charge in [-0.25, -0.2) is 0 Å². The van der Waals surface area contributed by atoms with Crippen LogP contribution in [0.3, 0.4) is 0 Å². The molecular formula is C9H14N2O. The first kappa shape index (κ1) is 9.16. The zero-order valence-corrected chi connectivity index (χ0v) is 6.98. The van der Waals surface area contributed by atoms with Crippen molar-refractivity contribution in [3.63, 3.8) is 0 Å². The Kier molecular flexibility index (Phi) is 3.70. The number of nitrogens with zero attached hydrogens (tertiary/aromatic N) is 1. The van der Waals surface area contributed by atoms with Crippen molar-refractivity contribution < 1.29 is 5.11 Å². The molecule has 0 fully saturated rings. The van der Waals surface area contributed by atoms with Gasteiger partial charge in [0.2, 0.25) is 0 Å². The van der Waals surface area contributed by atoms with Crippen LogP contribution in [0.1, 0.15) is 24.4 Å². The van der Waals surface area contributed by atoms with Crippen LogP contribution in [-0.4, -0.2) is 16.7 Å². The molecule has 12 heavy (non-hydrogen) atoms. The predicted octanol–water partition coefficient (Wildman–Crippen LogP) is 0.854. The number of nitrogens with two attached hydrogens (primary N) is 1. The Bertz CT molecular complexity index is 213. The van der Waals surface area contributed by atoms with E-state index in [0.717, 1.165) is 18.4 Å². The number of pyridine rings is 1. The van der Waals surface area contributed by atoms with Crippen LogP contribution in [0.4, 0.5) is 0 Å². The van der Waals surface area contributed by atoms with Crippen LogP contribution in [0.15, 0.2) is 24.5 Å². The molecule has 1 aromatic heterocycles. The molecule has 3 heteroatoms. The lowest BCUT2D eigenvalue weighted by molar-refractivity contribution is 0.280. The van der Waals surface area contributed by atoms with Crippen molar-refractivity contribution in [2.24, 2.45) is 5.73 Å². The van der Waals surface area contributed by atoms with E-state index < -0.39 is 0 Å². The maximum Gasteiger partial charge on any atom is 0.0431 e. The average Bonchev–Trinajstić information content (AvgIpc) is 2.15. The van der Waals surface area contributed by atoms with Crippen LogP contribution in [0.2, 0.25) is 0 Å². The lowest BCUT2D eigenvalue weighted by Crippen LogP contribution is -2.10. The average molecular weight is 166 g/mol. The van der Waals surface area contributed by atoms with Gasteiger partial charge < -0.3 is 10.8 Å². The normalized spacial score (nSPS) is 12.8. The van der Waals surface area contributed by atoms with Gasteiger partial charge in [-0.1, -0.05) is 6.07 Å². The lowest BCUT2D eigenvalue weighted by atomic mass is 10.1. The summed E-state index contributed by atoms with van der Waals surface area (Å²) in [5.41, 5.74) is 6.86. The first-order valence-electron chi connectivity index (χ1n) is 4.11. The Morgan fingerprint density at radius 3 is 3.00 bits per heavy atom. The van der Waals surface area contributed by atoms with Crippen molar-refractivity contribution in [1.29, 1.82) is 0 Å². The van der Waals surface area contributed by atoms with Gasteiger partial charge >= 0.3 is 0 Å². The number of aliphatic hydroxyl groups excluding tert-OH is 1. The lowest BCUT2D eigenvalue weighted by Gasteiger charge is -2.09. The third-order valence-electron chi connectivity index (χ3n) is 1.79. The molecule has 0 aromatic carbocycles. The minimum atomic E-state index is 0.00542. The van der Waals surface area contributed by atoms with E-state index in [2.05, 4.69) is 4.98 Å². The number of hydrogen-bond acceptors (Lipinski definition) is 3. The van der Waals surface area contributed by atoms with Crippen molar-refractivity contribution in [3.05, 3.63) is 30.1 Å². The first-order valence-corrected chi connectivity index (χ1v) is 4.11. The molecule has 1 atom stereocenters. The molecule has 0 saturated heterocycles. The van der Waals surface area contributed by atoms with Crippen molar-refractivity contribution in [3.8, 4) is 0 Å². The quantitative estimate of drug-likeness (QED) is 0.697. The third-order valence-corrected chi connectivity index (χ3v) is 1.79. The number of aromatic nitrogens is 1. The maximum atomic E-state index is 8.59. The number of rotatable bonds is 4. The Balaban J connectivity index is 2.48. The van der Waals surface area contributed by atoms with E-state index in [4.69, 9.17) is 10.8 Å². The van der Waals surface area contributed by atoms with Crippen LogP contribution in [-0.2, 0) is 0 Å². The highest BCUT2D eigenvalue weighted by atomic mass is 16.2. The maximum absolute atomic E-state index is 8.59. The Morgan fingerprint density at radius 2 is 2.42 bits per heavy atom. The van der Waals surface area contributed by atoms with E-state index in [1.807, 2.05) is 12.1 Å². The minimum Gasteiger partial charge on any atom is -0.396 e. The standard InChI is InChI=1S/C9H14N2O/c10-9(4-2-6-12)8-3-1-5-11-7-8/h1,3,5,7,9,12H,2,4,6,10H2/t9-/m0/s1. The highest BCUT2D eigenvalue weighted by Gasteiger charge is 2.03. The fourth-order valence-electron chi connectivity index (χ4n) is 1.07. The van der Waals surface area contributed by atoms with Gasteiger partial charge in [0.15, 0.2) is 0 Å². The smallest absolute Gasteiger partial charge is 0.0431 e. The number of aliphatic hydroxyl groups is 1. The first-order chi connectivity index (χ1) is 5.84. The zero-order chi connectivity index (χ0) is 8.81. The fourth-order valence-corrected chi connectivity index (χ4v) is 1.07. The molecule has 3 nitrogen and oxygen atoms in total. The van der Waals surface area contributed by atoms with Crippen LogP contribution >= 0.6 is 0 Å². The Morgan fingerprint density at radius 1 is 1.58 bits per heavy atom.